The van der Waals surface area contributed by atoms with Crippen LogP contribution >= 0.6 is 11.6 Å². The maximum Gasteiger partial charge on any atom is 0.197 e. The van der Waals surface area contributed by atoms with Crippen LogP contribution in [-0.2, 0) is 9.84 Å². The number of hydrogen-bond donors (Lipinski definition) is 1. The topological polar surface area (TPSA) is 58.5 Å². The molecule has 0 unspecified atom stereocenters. The van der Waals surface area contributed by atoms with Crippen molar-refractivity contribution < 1.29 is 8.42 Å². The van der Waals surface area contributed by atoms with Crippen molar-refractivity contribution in [3.63, 3.8) is 0 Å². The maximum absolute atomic E-state index is 12.0. The van der Waals surface area contributed by atoms with Gasteiger partial charge in [0.1, 0.15) is 5.88 Å². The van der Waals surface area contributed by atoms with Crippen molar-refractivity contribution in [1.29, 1.82) is 0 Å². The Hall–Kier alpha value is -1.85. The third-order valence-electron chi connectivity index (χ3n) is 2.90. The van der Waals surface area contributed by atoms with Crippen molar-refractivity contribution in [2.45, 2.75) is 25.7 Å². The third-order valence-corrected chi connectivity index (χ3v) is 4.69. The predicted octanol–water partition coefficient (Wildman–Crippen LogP) is 3.94. The number of hydrogen-bond acceptors (Lipinski definition) is 4. The molecule has 6 heteroatoms. The Kier molecular flexibility index (Phi) is 7.78. The van der Waals surface area contributed by atoms with Crippen molar-refractivity contribution in [3.8, 4) is 0 Å². The molecule has 2 aromatic rings. The van der Waals surface area contributed by atoms with Gasteiger partial charge >= 0.3 is 0 Å². The summed E-state index contributed by atoms with van der Waals surface area (Å²) in [6, 6.07) is 15.7. The molecule has 0 saturated heterocycles. The standard InChI is InChI=1S/C15H15ClN2O2S.C2H6/c1-12-7-5-6-10-14(12)15(16)18-17-11-21(19,20)13-8-3-2-4-9-13;1-2/h2-10,17H,11H2,1H3;1-2H3/b18-15-;. The van der Waals surface area contributed by atoms with Crippen LogP contribution < -0.4 is 5.43 Å². The molecule has 0 aromatic heterocycles. The fraction of sp³-hybridized carbons (Fsp3) is 0.235. The van der Waals surface area contributed by atoms with E-state index >= 15 is 0 Å². The fourth-order valence-corrected chi connectivity index (χ4v) is 3.01. The maximum atomic E-state index is 12.0. The number of rotatable bonds is 5. The first-order valence-corrected chi connectivity index (χ1v) is 9.33. The van der Waals surface area contributed by atoms with Crippen LogP contribution in [0.5, 0.6) is 0 Å². The zero-order valence-electron chi connectivity index (χ0n) is 13.5. The van der Waals surface area contributed by atoms with E-state index in [0.717, 1.165) is 11.1 Å². The fourth-order valence-electron chi connectivity index (χ4n) is 1.76. The molecule has 0 spiro atoms. The van der Waals surface area contributed by atoms with Gasteiger partial charge in [-0.2, -0.15) is 5.10 Å². The van der Waals surface area contributed by atoms with E-state index in [-0.39, 0.29) is 15.9 Å². The van der Waals surface area contributed by atoms with Crippen LogP contribution in [0.4, 0.5) is 0 Å². The van der Waals surface area contributed by atoms with E-state index in [0.29, 0.717) is 0 Å². The van der Waals surface area contributed by atoms with Gasteiger partial charge in [-0.25, -0.2) is 8.42 Å². The minimum Gasteiger partial charge on any atom is -0.293 e. The van der Waals surface area contributed by atoms with Crippen LogP contribution in [0, 0.1) is 6.92 Å². The summed E-state index contributed by atoms with van der Waals surface area (Å²) in [5.41, 5.74) is 4.26. The number of hydrazone groups is 1. The average Bonchev–Trinajstić information content (AvgIpc) is 2.57. The summed E-state index contributed by atoms with van der Waals surface area (Å²) in [6.07, 6.45) is 0. The monoisotopic (exact) mass is 352 g/mol. The summed E-state index contributed by atoms with van der Waals surface area (Å²) >= 11 is 6.08. The van der Waals surface area contributed by atoms with E-state index in [1.807, 2.05) is 45.0 Å². The molecule has 4 nitrogen and oxygen atoms in total. The zero-order chi connectivity index (χ0) is 17.3. The summed E-state index contributed by atoms with van der Waals surface area (Å²) < 4.78 is 24.1. The summed E-state index contributed by atoms with van der Waals surface area (Å²) in [5, 5.41) is 4.15. The summed E-state index contributed by atoms with van der Waals surface area (Å²) in [5.74, 6) is -0.306. The van der Waals surface area contributed by atoms with Crippen molar-refractivity contribution in [1.82, 2.24) is 5.43 Å². The van der Waals surface area contributed by atoms with Crippen molar-refractivity contribution >= 4 is 26.6 Å². The van der Waals surface area contributed by atoms with Gasteiger partial charge in [0.05, 0.1) is 4.90 Å². The molecular weight excluding hydrogens is 332 g/mol. The highest BCUT2D eigenvalue weighted by Gasteiger charge is 2.13. The van der Waals surface area contributed by atoms with E-state index in [1.165, 1.54) is 0 Å². The Morgan fingerprint density at radius 3 is 2.22 bits per heavy atom. The first-order valence-electron chi connectivity index (χ1n) is 7.30. The second kappa shape index (κ2) is 9.33. The Balaban J connectivity index is 0.00000127. The van der Waals surface area contributed by atoms with Gasteiger partial charge in [-0.1, -0.05) is 67.9 Å². The van der Waals surface area contributed by atoms with E-state index in [1.54, 1.807) is 30.3 Å². The van der Waals surface area contributed by atoms with Crippen LogP contribution in [-0.4, -0.2) is 19.5 Å². The molecule has 0 aliphatic heterocycles. The smallest absolute Gasteiger partial charge is 0.197 e. The molecule has 124 valence electrons. The van der Waals surface area contributed by atoms with Gasteiger partial charge in [-0.05, 0) is 24.6 Å². The van der Waals surface area contributed by atoms with Crippen LogP contribution in [0.3, 0.4) is 0 Å². The van der Waals surface area contributed by atoms with Gasteiger partial charge < -0.3 is 0 Å². The lowest BCUT2D eigenvalue weighted by Gasteiger charge is -2.06. The normalized spacial score (nSPS) is 11.4. The van der Waals surface area contributed by atoms with Gasteiger partial charge in [0.2, 0.25) is 0 Å². The summed E-state index contributed by atoms with van der Waals surface area (Å²) in [4.78, 5) is 0.250. The van der Waals surface area contributed by atoms with E-state index < -0.39 is 9.84 Å². The number of nitrogens with one attached hydrogen (secondary N) is 1. The first-order chi connectivity index (χ1) is 11.0. The summed E-state index contributed by atoms with van der Waals surface area (Å²) in [7, 11) is -3.43. The molecule has 2 rings (SSSR count). The molecule has 0 atom stereocenters. The van der Waals surface area contributed by atoms with Gasteiger partial charge in [0.15, 0.2) is 15.0 Å². The molecule has 0 amide bonds. The van der Waals surface area contributed by atoms with Gasteiger partial charge in [-0.15, -0.1) is 0 Å². The highest BCUT2D eigenvalue weighted by atomic mass is 35.5. The lowest BCUT2D eigenvalue weighted by atomic mass is 10.1. The molecule has 0 aliphatic carbocycles. The average molecular weight is 353 g/mol. The molecule has 0 bridgehead atoms. The molecular formula is C17H21ClN2O2S. The quantitative estimate of drug-likeness (QED) is 0.655. The van der Waals surface area contributed by atoms with Gasteiger partial charge in [0.25, 0.3) is 0 Å². The van der Waals surface area contributed by atoms with E-state index in [9.17, 15) is 8.42 Å². The van der Waals surface area contributed by atoms with E-state index in [4.69, 9.17) is 11.6 Å². The van der Waals surface area contributed by atoms with Crippen LogP contribution in [0.1, 0.15) is 25.0 Å². The SMILES string of the molecule is CC.Cc1ccccc1/C(Cl)=N/NCS(=O)(=O)c1ccccc1. The van der Waals surface area contributed by atoms with Crippen molar-refractivity contribution in [3.05, 3.63) is 65.7 Å². The van der Waals surface area contributed by atoms with Gasteiger partial charge in [0, 0.05) is 5.56 Å². The van der Waals surface area contributed by atoms with Gasteiger partial charge in [-0.3, -0.25) is 5.43 Å². The minimum absolute atomic E-state index is 0.233. The predicted molar refractivity (Wildman–Crippen MR) is 96.5 cm³/mol. The summed E-state index contributed by atoms with van der Waals surface area (Å²) in [6.45, 7) is 5.91. The highest BCUT2D eigenvalue weighted by Crippen LogP contribution is 2.11. The van der Waals surface area contributed by atoms with Crippen molar-refractivity contribution in [2.75, 3.05) is 5.88 Å². The number of halogens is 1. The zero-order valence-corrected chi connectivity index (χ0v) is 15.0. The molecule has 0 heterocycles. The number of benzene rings is 2. The second-order valence-electron chi connectivity index (χ2n) is 4.45. The van der Waals surface area contributed by atoms with Crippen LogP contribution in [0.15, 0.2) is 64.6 Å². The Labute approximate surface area is 143 Å². The largest absolute Gasteiger partial charge is 0.293 e. The van der Waals surface area contributed by atoms with Crippen LogP contribution in [0.2, 0.25) is 0 Å². The van der Waals surface area contributed by atoms with Crippen molar-refractivity contribution in [2.24, 2.45) is 5.10 Å². The Morgan fingerprint density at radius 2 is 1.61 bits per heavy atom. The Bertz CT molecular complexity index is 744. The Morgan fingerprint density at radius 1 is 1.04 bits per heavy atom. The highest BCUT2D eigenvalue weighted by molar-refractivity contribution is 7.91. The molecule has 0 aliphatic rings. The number of sulfone groups is 1. The molecule has 23 heavy (non-hydrogen) atoms. The first kappa shape index (κ1) is 19.2. The van der Waals surface area contributed by atoms with E-state index in [2.05, 4.69) is 10.5 Å². The molecule has 0 fully saturated rings. The molecule has 1 N–H and O–H groups in total. The number of nitrogens with zero attached hydrogens (tertiary/aromatic N) is 1. The third kappa shape index (κ3) is 5.69. The molecule has 0 radical (unpaired) electrons. The second-order valence-corrected chi connectivity index (χ2v) is 6.80. The lowest BCUT2D eigenvalue weighted by molar-refractivity contribution is 0.589. The number of aryl methyl sites for hydroxylation is 1. The minimum atomic E-state index is -3.43. The molecule has 0 saturated carbocycles. The molecule has 2 aromatic carbocycles. The lowest BCUT2D eigenvalue weighted by Crippen LogP contribution is -2.19. The van der Waals surface area contributed by atoms with Crippen LogP contribution in [0.25, 0.3) is 0 Å².